The average molecular weight is 279 g/mol. The second-order valence-electron chi connectivity index (χ2n) is 3.30. The summed E-state index contributed by atoms with van der Waals surface area (Å²) in [5.41, 5.74) is 0.909. The van der Waals surface area contributed by atoms with Gasteiger partial charge in [0.15, 0.2) is 0 Å². The summed E-state index contributed by atoms with van der Waals surface area (Å²) in [6.45, 7) is 3.67. The summed E-state index contributed by atoms with van der Waals surface area (Å²) in [5, 5.41) is 13.1. The minimum absolute atomic E-state index is 0.00671. The van der Waals surface area contributed by atoms with Crippen molar-refractivity contribution in [2.75, 3.05) is 5.32 Å². The smallest absolute Gasteiger partial charge is 0.0710 e. The van der Waals surface area contributed by atoms with Gasteiger partial charge in [0.1, 0.15) is 0 Å². The first-order valence-corrected chi connectivity index (χ1v) is 5.57. The monoisotopic (exact) mass is 277 g/mol. The predicted molar refractivity (Wildman–Crippen MR) is 63.9 cm³/mol. The molecule has 0 aliphatic heterocycles. The molecular formula is C10H13BrClNO. The Morgan fingerprint density at radius 1 is 1.43 bits per heavy atom. The Labute approximate surface area is 97.4 Å². The summed E-state index contributed by atoms with van der Waals surface area (Å²) in [5.74, 6) is 0. The summed E-state index contributed by atoms with van der Waals surface area (Å²) < 4.78 is 0.870. The molecule has 0 fully saturated rings. The molecule has 1 aromatic carbocycles. The molecule has 1 aromatic rings. The molecule has 0 spiro atoms. The molecule has 0 bridgehead atoms. The van der Waals surface area contributed by atoms with Crippen LogP contribution in [0, 0.1) is 0 Å². The van der Waals surface area contributed by atoms with Crippen LogP contribution < -0.4 is 5.32 Å². The Morgan fingerprint density at radius 2 is 2.07 bits per heavy atom. The van der Waals surface area contributed by atoms with E-state index in [9.17, 15) is 5.11 Å². The van der Waals surface area contributed by atoms with Crippen molar-refractivity contribution in [2.24, 2.45) is 0 Å². The summed E-state index contributed by atoms with van der Waals surface area (Å²) in [7, 11) is 0. The first-order valence-electron chi connectivity index (χ1n) is 4.40. The summed E-state index contributed by atoms with van der Waals surface area (Å²) in [4.78, 5) is 0. The zero-order valence-electron chi connectivity index (χ0n) is 8.09. The highest BCUT2D eigenvalue weighted by atomic mass is 79.9. The molecule has 0 radical (unpaired) electrons. The van der Waals surface area contributed by atoms with E-state index >= 15 is 0 Å². The molecule has 0 amide bonds. The Bertz CT molecular complexity index is 317. The third-order valence-corrected chi connectivity index (χ3v) is 3.27. The molecule has 0 aromatic heterocycles. The van der Waals surface area contributed by atoms with Gasteiger partial charge >= 0.3 is 0 Å². The Morgan fingerprint density at radius 3 is 2.57 bits per heavy atom. The fourth-order valence-electron chi connectivity index (χ4n) is 0.969. The normalized spacial score (nSPS) is 14.9. The van der Waals surface area contributed by atoms with E-state index < -0.39 is 6.10 Å². The molecule has 2 atom stereocenters. The lowest BCUT2D eigenvalue weighted by atomic mass is 10.2. The van der Waals surface area contributed by atoms with E-state index in [1.807, 2.05) is 25.1 Å². The molecule has 4 heteroatoms. The van der Waals surface area contributed by atoms with E-state index in [0.29, 0.717) is 5.02 Å². The highest BCUT2D eigenvalue weighted by Gasteiger charge is 2.08. The summed E-state index contributed by atoms with van der Waals surface area (Å²) in [6, 6.07) is 5.62. The van der Waals surface area contributed by atoms with Crippen LogP contribution in [0.4, 0.5) is 5.69 Å². The molecule has 0 saturated carbocycles. The number of nitrogens with one attached hydrogen (secondary N) is 1. The minimum Gasteiger partial charge on any atom is -0.391 e. The summed E-state index contributed by atoms with van der Waals surface area (Å²) >= 11 is 9.24. The molecular weight excluding hydrogens is 265 g/mol. The third-order valence-electron chi connectivity index (χ3n) is 2.04. The van der Waals surface area contributed by atoms with Crippen LogP contribution in [0.25, 0.3) is 0 Å². The molecule has 0 heterocycles. The molecule has 2 N–H and O–H groups in total. The Kier molecular flexibility index (Phi) is 4.23. The topological polar surface area (TPSA) is 32.3 Å². The van der Waals surface area contributed by atoms with Crippen molar-refractivity contribution in [3.8, 4) is 0 Å². The lowest BCUT2D eigenvalue weighted by molar-refractivity contribution is 0.178. The lowest BCUT2D eigenvalue weighted by Crippen LogP contribution is -2.27. The molecule has 2 nitrogen and oxygen atoms in total. The Hall–Kier alpha value is -0.250. The molecule has 2 unspecified atom stereocenters. The fraction of sp³-hybridized carbons (Fsp3) is 0.400. The maximum atomic E-state index is 9.30. The van der Waals surface area contributed by atoms with E-state index in [1.54, 1.807) is 6.92 Å². The number of rotatable bonds is 3. The number of anilines is 1. The number of hydrogen-bond acceptors (Lipinski definition) is 2. The number of hydrogen-bond donors (Lipinski definition) is 2. The standard InChI is InChI=1S/C10H13BrClNO/c1-6(7(2)14)13-8-3-4-9(11)10(12)5-8/h3-7,13-14H,1-2H3. The van der Waals surface area contributed by atoms with Gasteiger partial charge < -0.3 is 10.4 Å². The predicted octanol–water partition coefficient (Wildman–Crippen LogP) is 3.28. The van der Waals surface area contributed by atoms with Gasteiger partial charge in [0, 0.05) is 16.2 Å². The lowest BCUT2D eigenvalue weighted by Gasteiger charge is -2.18. The van der Waals surface area contributed by atoms with Gasteiger partial charge in [-0.2, -0.15) is 0 Å². The van der Waals surface area contributed by atoms with Crippen molar-refractivity contribution in [2.45, 2.75) is 26.0 Å². The zero-order chi connectivity index (χ0) is 10.7. The minimum atomic E-state index is -0.391. The van der Waals surface area contributed by atoms with Gasteiger partial charge in [-0.05, 0) is 48.0 Å². The van der Waals surface area contributed by atoms with Gasteiger partial charge in [-0.25, -0.2) is 0 Å². The van der Waals surface area contributed by atoms with Crippen LogP contribution in [0.5, 0.6) is 0 Å². The first kappa shape index (κ1) is 11.8. The Balaban J connectivity index is 2.73. The van der Waals surface area contributed by atoms with Gasteiger partial charge in [0.25, 0.3) is 0 Å². The van der Waals surface area contributed by atoms with E-state index in [0.717, 1.165) is 10.2 Å². The second kappa shape index (κ2) is 5.01. The fourth-order valence-corrected chi connectivity index (χ4v) is 1.40. The van der Waals surface area contributed by atoms with Gasteiger partial charge in [-0.3, -0.25) is 0 Å². The molecule has 14 heavy (non-hydrogen) atoms. The van der Waals surface area contributed by atoms with E-state index in [4.69, 9.17) is 11.6 Å². The molecule has 1 rings (SSSR count). The van der Waals surface area contributed by atoms with Crippen LogP contribution in [0.3, 0.4) is 0 Å². The SMILES string of the molecule is CC(O)C(C)Nc1ccc(Br)c(Cl)c1. The van der Waals surface area contributed by atoms with E-state index in [2.05, 4.69) is 21.2 Å². The van der Waals surface area contributed by atoms with Crippen LogP contribution >= 0.6 is 27.5 Å². The van der Waals surface area contributed by atoms with Crippen molar-refractivity contribution >= 4 is 33.2 Å². The van der Waals surface area contributed by atoms with Crippen LogP contribution in [-0.4, -0.2) is 17.3 Å². The van der Waals surface area contributed by atoms with Crippen molar-refractivity contribution in [3.63, 3.8) is 0 Å². The van der Waals surface area contributed by atoms with Crippen molar-refractivity contribution < 1.29 is 5.11 Å². The van der Waals surface area contributed by atoms with Gasteiger partial charge in [-0.1, -0.05) is 11.6 Å². The van der Waals surface area contributed by atoms with E-state index in [1.165, 1.54) is 0 Å². The molecule has 0 aliphatic carbocycles. The summed E-state index contributed by atoms with van der Waals surface area (Å²) in [6.07, 6.45) is -0.391. The second-order valence-corrected chi connectivity index (χ2v) is 4.56. The maximum absolute atomic E-state index is 9.30. The van der Waals surface area contributed by atoms with Crippen LogP contribution in [0.15, 0.2) is 22.7 Å². The van der Waals surface area contributed by atoms with Crippen LogP contribution in [-0.2, 0) is 0 Å². The molecule has 78 valence electrons. The van der Waals surface area contributed by atoms with Gasteiger partial charge in [0.05, 0.1) is 11.1 Å². The van der Waals surface area contributed by atoms with E-state index in [-0.39, 0.29) is 6.04 Å². The van der Waals surface area contributed by atoms with Crippen LogP contribution in [0.1, 0.15) is 13.8 Å². The highest BCUT2D eigenvalue weighted by molar-refractivity contribution is 9.10. The number of aliphatic hydroxyl groups excluding tert-OH is 1. The third kappa shape index (κ3) is 3.15. The maximum Gasteiger partial charge on any atom is 0.0710 e. The number of halogens is 2. The zero-order valence-corrected chi connectivity index (χ0v) is 10.4. The largest absolute Gasteiger partial charge is 0.391 e. The molecule has 0 aliphatic rings. The average Bonchev–Trinajstić information content (AvgIpc) is 2.11. The number of aliphatic hydroxyl groups is 1. The van der Waals surface area contributed by atoms with Crippen molar-refractivity contribution in [1.29, 1.82) is 0 Å². The van der Waals surface area contributed by atoms with Crippen LogP contribution in [0.2, 0.25) is 5.02 Å². The quantitative estimate of drug-likeness (QED) is 0.889. The van der Waals surface area contributed by atoms with Gasteiger partial charge in [0.2, 0.25) is 0 Å². The first-order chi connectivity index (χ1) is 6.50. The molecule has 0 saturated heterocycles. The van der Waals surface area contributed by atoms with Gasteiger partial charge in [-0.15, -0.1) is 0 Å². The number of benzene rings is 1. The highest BCUT2D eigenvalue weighted by Crippen LogP contribution is 2.25. The van der Waals surface area contributed by atoms with Crippen molar-refractivity contribution in [1.82, 2.24) is 0 Å². The van der Waals surface area contributed by atoms with Crippen molar-refractivity contribution in [3.05, 3.63) is 27.7 Å².